The summed E-state index contributed by atoms with van der Waals surface area (Å²) in [6, 6.07) is 11.0. The van der Waals surface area contributed by atoms with Crippen LogP contribution in [0.15, 0.2) is 42.5 Å². The monoisotopic (exact) mass is 428 g/mol. The Morgan fingerprint density at radius 3 is 2.44 bits per heavy atom. The minimum Gasteiger partial charge on any atom is -0.484 e. The van der Waals surface area contributed by atoms with E-state index in [1.807, 2.05) is 0 Å². The average Bonchev–Trinajstić information content (AvgIpc) is 2.64. The van der Waals surface area contributed by atoms with E-state index in [2.05, 4.69) is 5.32 Å². The van der Waals surface area contributed by atoms with Gasteiger partial charge in [0.2, 0.25) is 5.91 Å². The fraction of sp³-hybridized carbons (Fsp3) is 0.263. The van der Waals surface area contributed by atoms with Crippen molar-refractivity contribution in [2.75, 3.05) is 13.7 Å². The quantitative estimate of drug-likeness (QED) is 0.718. The first kappa shape index (κ1) is 21.4. The molecule has 0 aliphatic carbocycles. The van der Waals surface area contributed by atoms with Crippen molar-refractivity contribution < 1.29 is 14.3 Å². The average molecular weight is 430 g/mol. The third-order valence-corrected chi connectivity index (χ3v) is 4.75. The van der Waals surface area contributed by atoms with Gasteiger partial charge in [-0.15, -0.1) is 0 Å². The van der Waals surface area contributed by atoms with Gasteiger partial charge in [-0.2, -0.15) is 0 Å². The maximum atomic E-state index is 12.8. The Labute approximate surface area is 173 Å². The number of hydrogen-bond acceptors (Lipinski definition) is 3. The van der Waals surface area contributed by atoms with Gasteiger partial charge in [-0.05, 0) is 42.8 Å². The summed E-state index contributed by atoms with van der Waals surface area (Å²) >= 11 is 18.1. The first-order valence-corrected chi connectivity index (χ1v) is 9.28. The molecule has 2 rings (SSSR count). The number of carbonyl (C=O) groups is 2. The smallest absolute Gasteiger partial charge is 0.261 e. The Kier molecular flexibility index (Phi) is 7.78. The molecule has 2 aromatic rings. The minimum absolute atomic E-state index is 0.141. The van der Waals surface area contributed by atoms with Crippen LogP contribution in [0.3, 0.4) is 0 Å². The summed E-state index contributed by atoms with van der Waals surface area (Å²) in [7, 11) is 1.51. The van der Waals surface area contributed by atoms with Crippen molar-refractivity contribution >= 4 is 46.6 Å². The molecule has 144 valence electrons. The molecule has 0 bridgehead atoms. The number of rotatable bonds is 7. The molecular weight excluding hydrogens is 411 g/mol. The Morgan fingerprint density at radius 1 is 1.11 bits per heavy atom. The van der Waals surface area contributed by atoms with Crippen molar-refractivity contribution in [3.8, 4) is 5.75 Å². The lowest BCUT2D eigenvalue weighted by molar-refractivity contribution is -0.142. The zero-order valence-electron chi connectivity index (χ0n) is 14.8. The highest BCUT2D eigenvalue weighted by molar-refractivity contribution is 6.35. The SMILES string of the molecule is CNC(=O)[C@@H](C)N(Cc1ccc(Cl)cc1Cl)C(=O)COc1cccc(Cl)c1. The van der Waals surface area contributed by atoms with Crippen molar-refractivity contribution in [1.29, 1.82) is 0 Å². The van der Waals surface area contributed by atoms with Gasteiger partial charge in [0.15, 0.2) is 6.61 Å². The molecule has 1 atom stereocenters. The van der Waals surface area contributed by atoms with Gasteiger partial charge in [-0.25, -0.2) is 0 Å². The van der Waals surface area contributed by atoms with Crippen LogP contribution in [0.2, 0.25) is 15.1 Å². The molecule has 0 fully saturated rings. The molecule has 2 aromatic carbocycles. The number of carbonyl (C=O) groups excluding carboxylic acids is 2. The number of nitrogens with zero attached hydrogens (tertiary/aromatic N) is 1. The fourth-order valence-electron chi connectivity index (χ4n) is 2.41. The standard InChI is InChI=1S/C19H19Cl3N2O3/c1-12(19(26)23-2)24(10-13-6-7-15(21)9-17(13)22)18(25)11-27-16-5-3-4-14(20)8-16/h3-9,12H,10-11H2,1-2H3,(H,23,26)/t12-/m1/s1. The minimum atomic E-state index is -0.711. The van der Waals surface area contributed by atoms with Gasteiger partial charge in [0.05, 0.1) is 0 Å². The zero-order valence-corrected chi connectivity index (χ0v) is 17.1. The molecule has 0 heterocycles. The van der Waals surface area contributed by atoms with Crippen LogP contribution in [0.25, 0.3) is 0 Å². The van der Waals surface area contributed by atoms with Crippen LogP contribution in [0.4, 0.5) is 0 Å². The summed E-state index contributed by atoms with van der Waals surface area (Å²) in [4.78, 5) is 26.3. The number of likely N-dealkylation sites (N-methyl/N-ethyl adjacent to an activating group) is 1. The molecule has 0 aromatic heterocycles. The molecule has 27 heavy (non-hydrogen) atoms. The van der Waals surface area contributed by atoms with E-state index in [1.54, 1.807) is 49.4 Å². The topological polar surface area (TPSA) is 58.6 Å². The Bertz CT molecular complexity index is 830. The number of ether oxygens (including phenoxy) is 1. The molecular formula is C19H19Cl3N2O3. The second kappa shape index (κ2) is 9.83. The highest BCUT2D eigenvalue weighted by atomic mass is 35.5. The van der Waals surface area contributed by atoms with Crippen molar-refractivity contribution in [1.82, 2.24) is 10.2 Å². The van der Waals surface area contributed by atoms with Gasteiger partial charge in [-0.3, -0.25) is 9.59 Å². The van der Waals surface area contributed by atoms with Gasteiger partial charge in [0, 0.05) is 28.7 Å². The molecule has 0 radical (unpaired) electrons. The number of benzene rings is 2. The summed E-state index contributed by atoms with van der Waals surface area (Å²) in [6.45, 7) is 1.54. The number of halogens is 3. The predicted octanol–water partition coefficient (Wildman–Crippen LogP) is 4.19. The van der Waals surface area contributed by atoms with Crippen LogP contribution >= 0.6 is 34.8 Å². The van der Waals surface area contributed by atoms with Crippen molar-refractivity contribution in [2.24, 2.45) is 0 Å². The molecule has 2 amide bonds. The normalized spacial score (nSPS) is 11.6. The molecule has 0 unspecified atom stereocenters. The second-order valence-electron chi connectivity index (χ2n) is 5.79. The van der Waals surface area contributed by atoms with E-state index in [9.17, 15) is 9.59 Å². The fourth-order valence-corrected chi connectivity index (χ4v) is 3.06. The van der Waals surface area contributed by atoms with E-state index in [-0.39, 0.29) is 25.0 Å². The Balaban J connectivity index is 2.17. The van der Waals surface area contributed by atoms with Crippen LogP contribution in [0, 0.1) is 0 Å². The lowest BCUT2D eigenvalue weighted by Crippen LogP contribution is -2.48. The van der Waals surface area contributed by atoms with Crippen LogP contribution in [-0.2, 0) is 16.1 Å². The van der Waals surface area contributed by atoms with Crippen molar-refractivity contribution in [3.63, 3.8) is 0 Å². The summed E-state index contributed by atoms with van der Waals surface area (Å²) in [6.07, 6.45) is 0. The third kappa shape index (κ3) is 6.03. The maximum absolute atomic E-state index is 12.8. The van der Waals surface area contributed by atoms with Gasteiger partial charge < -0.3 is 15.0 Å². The second-order valence-corrected chi connectivity index (χ2v) is 7.07. The summed E-state index contributed by atoms with van der Waals surface area (Å²) < 4.78 is 5.52. The summed E-state index contributed by atoms with van der Waals surface area (Å²) in [5, 5.41) is 3.96. The first-order valence-electron chi connectivity index (χ1n) is 8.15. The van der Waals surface area contributed by atoms with E-state index >= 15 is 0 Å². The molecule has 0 saturated carbocycles. The van der Waals surface area contributed by atoms with Crippen LogP contribution in [-0.4, -0.2) is 36.4 Å². The molecule has 1 N–H and O–H groups in total. The molecule has 0 saturated heterocycles. The number of amides is 2. The summed E-state index contributed by atoms with van der Waals surface area (Å²) in [5.74, 6) is -0.193. The first-order chi connectivity index (χ1) is 12.8. The van der Waals surface area contributed by atoms with Crippen LogP contribution in [0.5, 0.6) is 5.75 Å². The van der Waals surface area contributed by atoms with Gasteiger partial charge in [0.25, 0.3) is 5.91 Å². The number of nitrogens with one attached hydrogen (secondary N) is 1. The summed E-state index contributed by atoms with van der Waals surface area (Å²) in [5.41, 5.74) is 0.674. The van der Waals surface area contributed by atoms with E-state index in [0.29, 0.717) is 26.4 Å². The highest BCUT2D eigenvalue weighted by Crippen LogP contribution is 2.23. The van der Waals surface area contributed by atoms with E-state index < -0.39 is 6.04 Å². The van der Waals surface area contributed by atoms with Crippen LogP contribution < -0.4 is 10.1 Å². The molecule has 0 spiro atoms. The van der Waals surface area contributed by atoms with Gasteiger partial charge in [-0.1, -0.05) is 46.9 Å². The molecule has 0 aliphatic rings. The van der Waals surface area contributed by atoms with Gasteiger partial charge >= 0.3 is 0 Å². The predicted molar refractivity (Wildman–Crippen MR) is 107 cm³/mol. The lowest BCUT2D eigenvalue weighted by Gasteiger charge is -2.28. The van der Waals surface area contributed by atoms with E-state index in [0.717, 1.165) is 0 Å². The highest BCUT2D eigenvalue weighted by Gasteiger charge is 2.26. The van der Waals surface area contributed by atoms with Gasteiger partial charge in [0.1, 0.15) is 11.8 Å². The lowest BCUT2D eigenvalue weighted by atomic mass is 10.1. The molecule has 8 heteroatoms. The van der Waals surface area contributed by atoms with Crippen LogP contribution in [0.1, 0.15) is 12.5 Å². The van der Waals surface area contributed by atoms with Crippen molar-refractivity contribution in [2.45, 2.75) is 19.5 Å². The largest absolute Gasteiger partial charge is 0.484 e. The van der Waals surface area contributed by atoms with E-state index in [1.165, 1.54) is 11.9 Å². The third-order valence-electron chi connectivity index (χ3n) is 3.93. The van der Waals surface area contributed by atoms with E-state index in [4.69, 9.17) is 39.5 Å². The molecule has 5 nitrogen and oxygen atoms in total. The Hall–Kier alpha value is -1.95. The van der Waals surface area contributed by atoms with Crippen molar-refractivity contribution in [3.05, 3.63) is 63.1 Å². The molecule has 0 aliphatic heterocycles. The maximum Gasteiger partial charge on any atom is 0.261 e. The zero-order chi connectivity index (χ0) is 20.0. The number of hydrogen-bond donors (Lipinski definition) is 1. The Morgan fingerprint density at radius 2 is 1.81 bits per heavy atom.